The molecule has 0 aliphatic carbocycles. The zero-order valence-corrected chi connectivity index (χ0v) is 12.2. The maximum absolute atomic E-state index is 13.2. The fourth-order valence-corrected chi connectivity index (χ4v) is 1.60. The molecular weight excluding hydrogens is 301 g/mol. The third-order valence-electron chi connectivity index (χ3n) is 2.27. The lowest BCUT2D eigenvalue weighted by molar-refractivity contribution is 0.105. The summed E-state index contributed by atoms with van der Waals surface area (Å²) in [5, 5.41) is 12.8. The lowest BCUT2D eigenvalue weighted by Gasteiger charge is -2.14. The first-order valence-electron chi connectivity index (χ1n) is 5.95. The van der Waals surface area contributed by atoms with Gasteiger partial charge >= 0.3 is 0 Å². The van der Waals surface area contributed by atoms with E-state index in [0.717, 1.165) is 6.54 Å². The van der Waals surface area contributed by atoms with Gasteiger partial charge in [0.15, 0.2) is 0 Å². The maximum Gasteiger partial charge on any atom is 0.141 e. The van der Waals surface area contributed by atoms with E-state index in [2.05, 4.69) is 35.1 Å². The SMILES string of the molecule is CC(C)CNCC(O)COc1ccc(Br)c(F)c1. The Morgan fingerprint density at radius 3 is 2.72 bits per heavy atom. The molecule has 1 aromatic carbocycles. The first kappa shape index (κ1) is 15.4. The molecule has 1 atom stereocenters. The van der Waals surface area contributed by atoms with Crippen LogP contribution in [0, 0.1) is 11.7 Å². The summed E-state index contributed by atoms with van der Waals surface area (Å²) in [6.45, 7) is 5.66. The van der Waals surface area contributed by atoms with E-state index >= 15 is 0 Å². The van der Waals surface area contributed by atoms with Crippen LogP contribution in [-0.4, -0.2) is 30.9 Å². The van der Waals surface area contributed by atoms with Gasteiger partial charge in [0, 0.05) is 12.6 Å². The van der Waals surface area contributed by atoms with Crippen LogP contribution < -0.4 is 10.1 Å². The molecule has 5 heteroatoms. The van der Waals surface area contributed by atoms with Gasteiger partial charge in [0.1, 0.15) is 24.3 Å². The quantitative estimate of drug-likeness (QED) is 0.811. The van der Waals surface area contributed by atoms with Gasteiger partial charge in [0.25, 0.3) is 0 Å². The molecule has 1 unspecified atom stereocenters. The molecule has 2 N–H and O–H groups in total. The molecule has 0 radical (unpaired) electrons. The zero-order valence-electron chi connectivity index (χ0n) is 10.6. The summed E-state index contributed by atoms with van der Waals surface area (Å²) in [6.07, 6.45) is -0.601. The average Bonchev–Trinajstić information content (AvgIpc) is 2.30. The molecule has 0 bridgehead atoms. The van der Waals surface area contributed by atoms with Crippen molar-refractivity contribution in [3.05, 3.63) is 28.5 Å². The summed E-state index contributed by atoms with van der Waals surface area (Å²) in [7, 11) is 0. The maximum atomic E-state index is 13.2. The lowest BCUT2D eigenvalue weighted by Crippen LogP contribution is -2.33. The van der Waals surface area contributed by atoms with Gasteiger partial charge in [-0.1, -0.05) is 13.8 Å². The van der Waals surface area contributed by atoms with Crippen molar-refractivity contribution in [3.8, 4) is 5.75 Å². The van der Waals surface area contributed by atoms with Crippen molar-refractivity contribution in [3.63, 3.8) is 0 Å². The fraction of sp³-hybridized carbons (Fsp3) is 0.538. The molecule has 0 fully saturated rings. The summed E-state index contributed by atoms with van der Waals surface area (Å²) in [6, 6.07) is 4.52. The zero-order chi connectivity index (χ0) is 13.5. The Balaban J connectivity index is 2.29. The Morgan fingerprint density at radius 1 is 1.39 bits per heavy atom. The summed E-state index contributed by atoms with van der Waals surface area (Å²) < 4.78 is 18.9. The summed E-state index contributed by atoms with van der Waals surface area (Å²) in [4.78, 5) is 0. The molecule has 0 saturated carbocycles. The van der Waals surface area contributed by atoms with Crippen molar-refractivity contribution in [2.24, 2.45) is 5.92 Å². The first-order chi connectivity index (χ1) is 8.49. The molecule has 1 rings (SSSR count). The second-order valence-electron chi connectivity index (χ2n) is 4.59. The van der Waals surface area contributed by atoms with Crippen molar-refractivity contribution in [1.82, 2.24) is 5.32 Å². The van der Waals surface area contributed by atoms with Crippen molar-refractivity contribution < 1.29 is 14.2 Å². The van der Waals surface area contributed by atoms with E-state index in [1.807, 2.05) is 0 Å². The molecular formula is C13H19BrFNO2. The summed E-state index contributed by atoms with van der Waals surface area (Å²) in [5.41, 5.74) is 0. The van der Waals surface area contributed by atoms with E-state index in [1.54, 1.807) is 12.1 Å². The van der Waals surface area contributed by atoms with Crippen LogP contribution in [-0.2, 0) is 0 Å². The lowest BCUT2D eigenvalue weighted by atomic mass is 10.2. The normalized spacial score (nSPS) is 12.8. The Labute approximate surface area is 115 Å². The van der Waals surface area contributed by atoms with Crippen LogP contribution >= 0.6 is 15.9 Å². The standard InChI is InChI=1S/C13H19BrFNO2/c1-9(2)6-16-7-10(17)8-18-11-3-4-12(14)13(15)5-11/h3-5,9-10,16-17H,6-8H2,1-2H3. The molecule has 0 aliphatic heterocycles. The van der Waals surface area contributed by atoms with Gasteiger partial charge in [-0.3, -0.25) is 0 Å². The van der Waals surface area contributed by atoms with E-state index in [-0.39, 0.29) is 12.4 Å². The van der Waals surface area contributed by atoms with Crippen molar-refractivity contribution in [2.45, 2.75) is 20.0 Å². The Bertz CT molecular complexity index is 374. The molecule has 3 nitrogen and oxygen atoms in total. The molecule has 102 valence electrons. The van der Waals surface area contributed by atoms with Crippen LogP contribution in [0.15, 0.2) is 22.7 Å². The van der Waals surface area contributed by atoms with E-state index < -0.39 is 6.10 Å². The molecule has 0 spiro atoms. The Morgan fingerprint density at radius 2 is 2.11 bits per heavy atom. The first-order valence-corrected chi connectivity index (χ1v) is 6.75. The van der Waals surface area contributed by atoms with Crippen LogP contribution in [0.5, 0.6) is 5.75 Å². The van der Waals surface area contributed by atoms with Crippen LogP contribution in [0.25, 0.3) is 0 Å². The van der Waals surface area contributed by atoms with Gasteiger partial charge < -0.3 is 15.2 Å². The summed E-state index contributed by atoms with van der Waals surface area (Å²) in [5.74, 6) is 0.581. The van der Waals surface area contributed by atoms with Crippen LogP contribution in [0.4, 0.5) is 4.39 Å². The van der Waals surface area contributed by atoms with Crippen molar-refractivity contribution in [1.29, 1.82) is 0 Å². The number of hydrogen-bond acceptors (Lipinski definition) is 3. The second kappa shape index (κ2) is 7.71. The minimum absolute atomic E-state index is 0.145. The van der Waals surface area contributed by atoms with Crippen LogP contribution in [0.2, 0.25) is 0 Å². The predicted molar refractivity (Wildman–Crippen MR) is 73.3 cm³/mol. The highest BCUT2D eigenvalue weighted by Gasteiger charge is 2.07. The largest absolute Gasteiger partial charge is 0.491 e. The van der Waals surface area contributed by atoms with E-state index in [0.29, 0.717) is 22.7 Å². The van der Waals surface area contributed by atoms with E-state index in [4.69, 9.17) is 4.74 Å². The van der Waals surface area contributed by atoms with E-state index in [1.165, 1.54) is 6.07 Å². The van der Waals surface area contributed by atoms with Crippen LogP contribution in [0.1, 0.15) is 13.8 Å². The van der Waals surface area contributed by atoms with Gasteiger partial charge in [-0.25, -0.2) is 4.39 Å². The van der Waals surface area contributed by atoms with Gasteiger partial charge in [0.2, 0.25) is 0 Å². The minimum atomic E-state index is -0.601. The minimum Gasteiger partial charge on any atom is -0.491 e. The van der Waals surface area contributed by atoms with Gasteiger partial charge in [-0.15, -0.1) is 0 Å². The number of halogens is 2. The van der Waals surface area contributed by atoms with Gasteiger partial charge in [-0.2, -0.15) is 0 Å². The molecule has 1 aromatic rings. The fourth-order valence-electron chi connectivity index (χ4n) is 1.36. The Kier molecular flexibility index (Phi) is 6.60. The molecule has 0 aliphatic rings. The summed E-state index contributed by atoms with van der Waals surface area (Å²) >= 11 is 3.07. The molecule has 0 aromatic heterocycles. The number of aliphatic hydroxyl groups is 1. The van der Waals surface area contributed by atoms with Crippen LogP contribution in [0.3, 0.4) is 0 Å². The average molecular weight is 320 g/mol. The van der Waals surface area contributed by atoms with Gasteiger partial charge in [0.05, 0.1) is 4.47 Å². The third kappa shape index (κ3) is 5.80. The number of benzene rings is 1. The molecule has 0 amide bonds. The molecule has 0 heterocycles. The molecule has 0 saturated heterocycles. The monoisotopic (exact) mass is 319 g/mol. The number of aliphatic hydroxyl groups excluding tert-OH is 1. The number of ether oxygens (including phenoxy) is 1. The van der Waals surface area contributed by atoms with E-state index in [9.17, 15) is 9.50 Å². The number of hydrogen-bond donors (Lipinski definition) is 2. The molecule has 18 heavy (non-hydrogen) atoms. The van der Waals surface area contributed by atoms with Gasteiger partial charge in [-0.05, 0) is 40.5 Å². The highest BCUT2D eigenvalue weighted by Crippen LogP contribution is 2.20. The smallest absolute Gasteiger partial charge is 0.141 e. The second-order valence-corrected chi connectivity index (χ2v) is 5.45. The Hall–Kier alpha value is -0.650. The van der Waals surface area contributed by atoms with Crippen molar-refractivity contribution in [2.75, 3.05) is 19.7 Å². The topological polar surface area (TPSA) is 41.5 Å². The van der Waals surface area contributed by atoms with Crippen molar-refractivity contribution >= 4 is 15.9 Å². The predicted octanol–water partition coefficient (Wildman–Crippen LogP) is 2.57. The number of rotatable bonds is 7. The third-order valence-corrected chi connectivity index (χ3v) is 2.91. The number of nitrogens with one attached hydrogen (secondary N) is 1. The highest BCUT2D eigenvalue weighted by molar-refractivity contribution is 9.10. The highest BCUT2D eigenvalue weighted by atomic mass is 79.9.